The molecular formula is C18H27N3O2. The molecule has 0 aliphatic carbocycles. The molecule has 1 aromatic carbocycles. The van der Waals surface area contributed by atoms with Crippen LogP contribution in [0.1, 0.15) is 25.3 Å². The number of nitrogens with one attached hydrogen (secondary N) is 1. The van der Waals surface area contributed by atoms with Gasteiger partial charge in [-0.15, -0.1) is 0 Å². The highest BCUT2D eigenvalue weighted by Crippen LogP contribution is 2.26. The lowest BCUT2D eigenvalue weighted by molar-refractivity contribution is -0.132. The second-order valence-corrected chi connectivity index (χ2v) is 6.44. The van der Waals surface area contributed by atoms with Crippen LogP contribution in [0.15, 0.2) is 18.2 Å². The lowest BCUT2D eigenvalue weighted by atomic mass is 10.1. The molecule has 1 atom stereocenters. The fourth-order valence-corrected chi connectivity index (χ4v) is 3.42. The number of rotatable bonds is 4. The Morgan fingerprint density at radius 2 is 2.09 bits per heavy atom. The summed E-state index contributed by atoms with van der Waals surface area (Å²) in [6, 6.07) is 6.18. The fourth-order valence-electron chi connectivity index (χ4n) is 3.42. The number of morpholine rings is 1. The largest absolute Gasteiger partial charge is 0.371 e. The van der Waals surface area contributed by atoms with Gasteiger partial charge in [0.1, 0.15) is 6.10 Å². The second-order valence-electron chi connectivity index (χ2n) is 6.44. The molecule has 0 radical (unpaired) electrons. The normalized spacial score (nSPS) is 22.3. The third-order valence-corrected chi connectivity index (χ3v) is 4.80. The van der Waals surface area contributed by atoms with E-state index >= 15 is 0 Å². The Balaban J connectivity index is 1.63. The van der Waals surface area contributed by atoms with Gasteiger partial charge in [-0.3, -0.25) is 9.69 Å². The van der Waals surface area contributed by atoms with Gasteiger partial charge >= 0.3 is 0 Å². The summed E-state index contributed by atoms with van der Waals surface area (Å²) in [4.78, 5) is 17.1. The lowest BCUT2D eigenvalue weighted by Crippen LogP contribution is -2.47. The second kappa shape index (κ2) is 7.32. The maximum atomic E-state index is 12.4. The van der Waals surface area contributed by atoms with Gasteiger partial charge in [-0.25, -0.2) is 0 Å². The molecule has 2 heterocycles. The zero-order chi connectivity index (χ0) is 16.2. The molecule has 0 bridgehead atoms. The summed E-state index contributed by atoms with van der Waals surface area (Å²) in [5.41, 5.74) is 3.35. The van der Waals surface area contributed by atoms with Crippen LogP contribution in [-0.4, -0.2) is 56.2 Å². The number of likely N-dealkylation sites (N-methyl/N-ethyl adjacent to an activating group) is 1. The van der Waals surface area contributed by atoms with Crippen molar-refractivity contribution in [3.8, 4) is 0 Å². The van der Waals surface area contributed by atoms with Crippen LogP contribution >= 0.6 is 0 Å². The summed E-state index contributed by atoms with van der Waals surface area (Å²) in [6.45, 7) is 9.65. The number of amides is 1. The van der Waals surface area contributed by atoms with Crippen molar-refractivity contribution in [2.45, 2.75) is 32.8 Å². The molecule has 1 aromatic rings. The Morgan fingerprint density at radius 1 is 1.30 bits per heavy atom. The Hall–Kier alpha value is -1.59. The van der Waals surface area contributed by atoms with Crippen molar-refractivity contribution in [1.29, 1.82) is 0 Å². The average Bonchev–Trinajstić information content (AvgIpc) is 3.09. The smallest absolute Gasteiger partial charge is 0.254 e. The fraction of sp³-hybridized carbons (Fsp3) is 0.611. The molecule has 23 heavy (non-hydrogen) atoms. The molecular weight excluding hydrogens is 290 g/mol. The van der Waals surface area contributed by atoms with Crippen LogP contribution in [0.5, 0.6) is 0 Å². The predicted octanol–water partition coefficient (Wildman–Crippen LogP) is 2.25. The standard InChI is InChI=1S/C18H27N3O2/c1-3-20-10-11-23-17(13-20)18(22)19-15-6-7-16(14(2)12-15)21-8-4-5-9-21/h6-7,12,17H,3-5,8-11,13H2,1-2H3,(H,19,22)/t17-/m1/s1. The van der Waals surface area contributed by atoms with Crippen molar-refractivity contribution in [1.82, 2.24) is 4.90 Å². The SMILES string of the molecule is CCN1CCO[C@@H](C(=O)Nc2ccc(N3CCCC3)c(C)c2)C1. The molecule has 126 valence electrons. The molecule has 2 saturated heterocycles. The van der Waals surface area contributed by atoms with E-state index in [1.165, 1.54) is 24.1 Å². The zero-order valence-electron chi connectivity index (χ0n) is 14.2. The summed E-state index contributed by atoms with van der Waals surface area (Å²) < 4.78 is 5.62. The van der Waals surface area contributed by atoms with Crippen LogP contribution in [0.25, 0.3) is 0 Å². The van der Waals surface area contributed by atoms with E-state index in [9.17, 15) is 4.79 Å². The van der Waals surface area contributed by atoms with Crippen molar-refractivity contribution in [2.24, 2.45) is 0 Å². The van der Waals surface area contributed by atoms with Crippen molar-refractivity contribution >= 4 is 17.3 Å². The zero-order valence-corrected chi connectivity index (χ0v) is 14.2. The number of benzene rings is 1. The van der Waals surface area contributed by atoms with E-state index < -0.39 is 0 Å². The predicted molar refractivity (Wildman–Crippen MR) is 93.1 cm³/mol. The average molecular weight is 317 g/mol. The Labute approximate surface area is 138 Å². The maximum Gasteiger partial charge on any atom is 0.254 e. The first-order chi connectivity index (χ1) is 11.2. The van der Waals surface area contributed by atoms with Crippen molar-refractivity contribution in [2.75, 3.05) is 49.5 Å². The van der Waals surface area contributed by atoms with Gasteiger partial charge in [0.15, 0.2) is 0 Å². The number of hydrogen-bond donors (Lipinski definition) is 1. The molecule has 0 spiro atoms. The van der Waals surface area contributed by atoms with Crippen LogP contribution in [-0.2, 0) is 9.53 Å². The van der Waals surface area contributed by atoms with E-state index in [0.717, 1.165) is 31.9 Å². The number of anilines is 2. The summed E-state index contributed by atoms with van der Waals surface area (Å²) in [5.74, 6) is -0.0449. The molecule has 5 nitrogen and oxygen atoms in total. The van der Waals surface area contributed by atoms with Crippen LogP contribution < -0.4 is 10.2 Å². The van der Waals surface area contributed by atoms with E-state index in [0.29, 0.717) is 13.2 Å². The summed E-state index contributed by atoms with van der Waals surface area (Å²) >= 11 is 0. The van der Waals surface area contributed by atoms with Crippen LogP contribution in [0.4, 0.5) is 11.4 Å². The summed E-state index contributed by atoms with van der Waals surface area (Å²) in [7, 11) is 0. The molecule has 2 fully saturated rings. The van der Waals surface area contributed by atoms with Gasteiger partial charge < -0.3 is 15.0 Å². The van der Waals surface area contributed by atoms with E-state index in [4.69, 9.17) is 4.74 Å². The summed E-state index contributed by atoms with van der Waals surface area (Å²) in [6.07, 6.45) is 2.16. The van der Waals surface area contributed by atoms with E-state index in [-0.39, 0.29) is 12.0 Å². The molecule has 0 aromatic heterocycles. The van der Waals surface area contributed by atoms with Gasteiger partial charge in [0.25, 0.3) is 5.91 Å². The van der Waals surface area contributed by atoms with Crippen LogP contribution in [0.2, 0.25) is 0 Å². The quantitative estimate of drug-likeness (QED) is 0.925. The minimum atomic E-state index is -0.373. The van der Waals surface area contributed by atoms with E-state index in [1.807, 2.05) is 6.07 Å². The van der Waals surface area contributed by atoms with E-state index in [2.05, 4.69) is 41.1 Å². The highest BCUT2D eigenvalue weighted by atomic mass is 16.5. The molecule has 2 aliphatic heterocycles. The van der Waals surface area contributed by atoms with Crippen molar-refractivity contribution in [3.05, 3.63) is 23.8 Å². The number of ether oxygens (including phenoxy) is 1. The van der Waals surface area contributed by atoms with Crippen LogP contribution in [0.3, 0.4) is 0 Å². The summed E-state index contributed by atoms with van der Waals surface area (Å²) in [5, 5.41) is 3.01. The first-order valence-electron chi connectivity index (χ1n) is 8.68. The van der Waals surface area contributed by atoms with Gasteiger partial charge in [-0.2, -0.15) is 0 Å². The number of aryl methyl sites for hydroxylation is 1. The Kier molecular flexibility index (Phi) is 5.18. The van der Waals surface area contributed by atoms with Gasteiger partial charge in [0.05, 0.1) is 6.61 Å². The Morgan fingerprint density at radius 3 is 2.78 bits per heavy atom. The Bertz CT molecular complexity index is 555. The minimum absolute atomic E-state index is 0.0449. The maximum absolute atomic E-state index is 12.4. The minimum Gasteiger partial charge on any atom is -0.371 e. The molecule has 5 heteroatoms. The molecule has 2 aliphatic rings. The third kappa shape index (κ3) is 3.85. The number of hydrogen-bond acceptors (Lipinski definition) is 4. The van der Waals surface area contributed by atoms with Gasteiger partial charge in [0, 0.05) is 37.6 Å². The van der Waals surface area contributed by atoms with Crippen molar-refractivity contribution in [3.63, 3.8) is 0 Å². The highest BCUT2D eigenvalue weighted by molar-refractivity contribution is 5.94. The lowest BCUT2D eigenvalue weighted by Gasteiger charge is -2.31. The number of carbonyl (C=O) groups excluding carboxylic acids is 1. The highest BCUT2D eigenvalue weighted by Gasteiger charge is 2.26. The van der Waals surface area contributed by atoms with Gasteiger partial charge in [-0.1, -0.05) is 6.92 Å². The number of carbonyl (C=O) groups is 1. The van der Waals surface area contributed by atoms with Crippen molar-refractivity contribution < 1.29 is 9.53 Å². The first kappa shape index (κ1) is 16.3. The first-order valence-corrected chi connectivity index (χ1v) is 8.68. The third-order valence-electron chi connectivity index (χ3n) is 4.80. The topological polar surface area (TPSA) is 44.8 Å². The number of nitrogens with zero attached hydrogens (tertiary/aromatic N) is 2. The monoisotopic (exact) mass is 317 g/mol. The van der Waals surface area contributed by atoms with Gasteiger partial charge in [0.2, 0.25) is 0 Å². The van der Waals surface area contributed by atoms with Crippen LogP contribution in [0, 0.1) is 6.92 Å². The molecule has 0 saturated carbocycles. The molecule has 0 unspecified atom stereocenters. The molecule has 1 amide bonds. The molecule has 3 rings (SSSR count). The van der Waals surface area contributed by atoms with Gasteiger partial charge in [-0.05, 0) is 50.1 Å². The van der Waals surface area contributed by atoms with E-state index in [1.54, 1.807) is 0 Å². The molecule has 1 N–H and O–H groups in total.